The summed E-state index contributed by atoms with van der Waals surface area (Å²) in [7, 11) is 2.09. The van der Waals surface area contributed by atoms with Crippen LogP contribution in [0.3, 0.4) is 0 Å². The highest BCUT2D eigenvalue weighted by molar-refractivity contribution is 6.41. The van der Waals surface area contributed by atoms with Crippen LogP contribution in [0.2, 0.25) is 10.0 Å². The quantitative estimate of drug-likeness (QED) is 0.140. The van der Waals surface area contributed by atoms with Gasteiger partial charge in [-0.2, -0.15) is 39.5 Å². The molecule has 4 rings (SSSR count). The molecule has 0 bridgehead atoms. The fourth-order valence-electron chi connectivity index (χ4n) is 4.11. The lowest BCUT2D eigenvalue weighted by atomic mass is 10.1. The molecule has 2 amide bonds. The van der Waals surface area contributed by atoms with E-state index in [2.05, 4.69) is 32.5 Å². The van der Waals surface area contributed by atoms with Crippen molar-refractivity contribution >= 4 is 70.1 Å². The Bertz CT molecular complexity index is 1770. The first-order valence-electron chi connectivity index (χ1n) is 14.5. The number of phenolic OH excluding ortho intramolecular Hbond substituents is 1. The van der Waals surface area contributed by atoms with E-state index in [9.17, 15) is 63.8 Å². The number of ketones is 2. The Morgan fingerprint density at radius 1 is 0.755 bits per heavy atom. The minimum Gasteiger partial charge on any atom is -0.507 e. The number of rotatable bonds is 6. The number of halogens is 11. The van der Waals surface area contributed by atoms with Gasteiger partial charge >= 0.3 is 30.1 Å². The van der Waals surface area contributed by atoms with Crippen molar-refractivity contribution in [3.8, 4) is 5.75 Å². The lowest BCUT2D eigenvalue weighted by Crippen LogP contribution is -2.39. The highest BCUT2D eigenvalue weighted by atomic mass is 35.5. The maximum atomic E-state index is 13.0. The van der Waals surface area contributed by atoms with Gasteiger partial charge in [0.15, 0.2) is 0 Å². The van der Waals surface area contributed by atoms with Gasteiger partial charge in [-0.15, -0.1) is 0 Å². The molecule has 0 aliphatic carbocycles. The van der Waals surface area contributed by atoms with Crippen LogP contribution in [-0.4, -0.2) is 96.4 Å². The number of benzene rings is 2. The SMILES string of the molecule is CN1CCCN(c2ccc(C(=O)Nc3ccc(Cl)cc3C(=O)Nc3ccc(Cl)cn3)c(O)c2)CC1.O=C(C(=O)C(F)(F)F)C(F)(F)F.O=CC(F)(F)F. The lowest BCUT2D eigenvalue weighted by molar-refractivity contribution is -0.193. The third-order valence-corrected chi connectivity index (χ3v) is 7.07. The third kappa shape index (κ3) is 14.5. The van der Waals surface area contributed by atoms with Gasteiger partial charge in [-0.25, -0.2) is 4.98 Å². The van der Waals surface area contributed by atoms with Crippen LogP contribution in [0.1, 0.15) is 27.1 Å². The van der Waals surface area contributed by atoms with Crippen molar-refractivity contribution in [1.29, 1.82) is 0 Å². The van der Waals surface area contributed by atoms with E-state index in [-0.39, 0.29) is 22.6 Å². The second-order valence-corrected chi connectivity index (χ2v) is 11.5. The molecule has 1 saturated heterocycles. The number of nitrogens with zero attached hydrogens (tertiary/aromatic N) is 3. The molecule has 0 radical (unpaired) electrons. The van der Waals surface area contributed by atoms with E-state index in [1.807, 2.05) is 6.07 Å². The van der Waals surface area contributed by atoms with E-state index in [1.54, 1.807) is 30.3 Å². The van der Waals surface area contributed by atoms with E-state index < -0.39 is 48.2 Å². The molecule has 1 aromatic heterocycles. The van der Waals surface area contributed by atoms with Gasteiger partial charge in [-0.05, 0) is 62.5 Å². The number of amides is 2. The summed E-state index contributed by atoms with van der Waals surface area (Å²) in [4.78, 5) is 62.3. The first-order valence-corrected chi connectivity index (χ1v) is 15.2. The van der Waals surface area contributed by atoms with Gasteiger partial charge in [0, 0.05) is 42.6 Å². The molecule has 11 nitrogen and oxygen atoms in total. The summed E-state index contributed by atoms with van der Waals surface area (Å²) in [5, 5.41) is 16.7. The van der Waals surface area contributed by atoms with Crippen LogP contribution < -0.4 is 15.5 Å². The van der Waals surface area contributed by atoms with Crippen LogP contribution >= 0.6 is 23.2 Å². The zero-order valence-corrected chi connectivity index (χ0v) is 28.3. The maximum Gasteiger partial charge on any atom is 0.458 e. The summed E-state index contributed by atoms with van der Waals surface area (Å²) in [6, 6.07) is 12.7. The molecule has 2 heterocycles. The van der Waals surface area contributed by atoms with E-state index in [0.717, 1.165) is 38.3 Å². The second kappa shape index (κ2) is 18.7. The fourth-order valence-corrected chi connectivity index (χ4v) is 4.39. The number of likely N-dealkylation sites (N-methyl/N-ethyl adjacent to an activating group) is 1. The standard InChI is InChI=1S/C25H25Cl2N5O3.C4F6O2.C2HF3O/c1-31-9-2-10-32(12-11-31)18-5-6-19(22(33)14-18)24(34)29-21-7-3-16(26)13-20(21)25(35)30-23-8-4-17(27)15-28-23;5-3(6,7)1(11)2(12)4(8,9)10;3-2(4,5)1-6/h3-8,13-15,33H,2,9-12H2,1H3,(H,29,34)(H,28,30,35);;1H. The molecule has 288 valence electrons. The molecule has 2 aromatic carbocycles. The normalized spacial score (nSPS) is 13.6. The van der Waals surface area contributed by atoms with Crippen molar-refractivity contribution < 1.29 is 68.6 Å². The predicted molar refractivity (Wildman–Crippen MR) is 173 cm³/mol. The van der Waals surface area contributed by atoms with Crippen LogP contribution in [0.15, 0.2) is 54.7 Å². The largest absolute Gasteiger partial charge is 0.507 e. The van der Waals surface area contributed by atoms with Crippen LogP contribution in [0.25, 0.3) is 0 Å². The van der Waals surface area contributed by atoms with Crippen LogP contribution in [0.4, 0.5) is 56.7 Å². The smallest absolute Gasteiger partial charge is 0.458 e. The van der Waals surface area contributed by atoms with Crippen molar-refractivity contribution in [2.24, 2.45) is 0 Å². The Balaban J connectivity index is 0.000000447. The lowest BCUT2D eigenvalue weighted by Gasteiger charge is -2.23. The molecule has 3 N–H and O–H groups in total. The monoisotopic (exact) mass is 805 g/mol. The molecule has 1 aliphatic heterocycles. The van der Waals surface area contributed by atoms with Crippen molar-refractivity contribution in [2.75, 3.05) is 48.8 Å². The third-order valence-electron chi connectivity index (χ3n) is 6.61. The molecule has 1 fully saturated rings. The summed E-state index contributed by atoms with van der Waals surface area (Å²) in [6.45, 7) is 3.66. The molecule has 0 spiro atoms. The Morgan fingerprint density at radius 2 is 1.32 bits per heavy atom. The number of hydrogen-bond donors (Lipinski definition) is 3. The Kier molecular flexibility index (Phi) is 15.6. The molecule has 22 heteroatoms. The van der Waals surface area contributed by atoms with E-state index >= 15 is 0 Å². The molecule has 0 saturated carbocycles. The minimum absolute atomic E-state index is 0.0985. The zero-order valence-electron chi connectivity index (χ0n) is 26.8. The van der Waals surface area contributed by atoms with Crippen molar-refractivity contribution in [2.45, 2.75) is 24.9 Å². The zero-order chi connectivity index (χ0) is 40.3. The fraction of sp³-hybridized carbons (Fsp3) is 0.290. The highest BCUT2D eigenvalue weighted by Gasteiger charge is 2.54. The van der Waals surface area contributed by atoms with Gasteiger partial charge in [-0.3, -0.25) is 24.0 Å². The Hall–Kier alpha value is -4.95. The van der Waals surface area contributed by atoms with Gasteiger partial charge in [-0.1, -0.05) is 23.2 Å². The van der Waals surface area contributed by atoms with Gasteiger partial charge in [0.1, 0.15) is 11.6 Å². The number of hydrogen-bond acceptors (Lipinski definition) is 9. The molecular weight excluding hydrogens is 780 g/mol. The Morgan fingerprint density at radius 3 is 1.83 bits per heavy atom. The maximum absolute atomic E-state index is 13.0. The number of alkyl halides is 9. The molecule has 0 atom stereocenters. The summed E-state index contributed by atoms with van der Waals surface area (Å²) in [5.74, 6) is -7.72. The first-order chi connectivity index (χ1) is 24.4. The average molecular weight is 806 g/mol. The van der Waals surface area contributed by atoms with Crippen molar-refractivity contribution in [3.63, 3.8) is 0 Å². The molecule has 1 aliphatic rings. The van der Waals surface area contributed by atoms with Gasteiger partial charge in [0.2, 0.25) is 6.29 Å². The average Bonchev–Trinajstić information content (AvgIpc) is 3.29. The summed E-state index contributed by atoms with van der Waals surface area (Å²) in [6.07, 6.45) is -14.8. The summed E-state index contributed by atoms with van der Waals surface area (Å²) in [5.41, 5.74) is 1.34. The molecular formula is C31H26Cl2F9N5O6. The Labute approximate surface area is 303 Å². The minimum atomic E-state index is -5.77. The molecule has 3 aromatic rings. The van der Waals surface area contributed by atoms with Gasteiger partial charge in [0.05, 0.1) is 21.8 Å². The molecule has 0 unspecified atom stereocenters. The second-order valence-electron chi connectivity index (χ2n) is 10.6. The van der Waals surface area contributed by atoms with E-state index in [4.69, 9.17) is 28.0 Å². The number of aromatic hydroxyl groups is 1. The van der Waals surface area contributed by atoms with Crippen LogP contribution in [0, 0.1) is 0 Å². The van der Waals surface area contributed by atoms with Gasteiger partial charge < -0.3 is 25.5 Å². The van der Waals surface area contributed by atoms with Crippen molar-refractivity contribution in [3.05, 3.63) is 75.9 Å². The van der Waals surface area contributed by atoms with E-state index in [1.165, 1.54) is 18.3 Å². The number of anilines is 3. The van der Waals surface area contributed by atoms with Crippen LogP contribution in [-0.2, 0) is 14.4 Å². The van der Waals surface area contributed by atoms with Crippen LogP contribution in [0.5, 0.6) is 5.75 Å². The summed E-state index contributed by atoms with van der Waals surface area (Å²) < 4.78 is 98.2. The number of aromatic nitrogens is 1. The number of carbonyl (C=O) groups is 5. The molecule has 53 heavy (non-hydrogen) atoms. The number of carbonyl (C=O) groups excluding carboxylic acids is 5. The number of pyridine rings is 1. The summed E-state index contributed by atoms with van der Waals surface area (Å²) >= 11 is 11.9. The number of aldehydes is 1. The topological polar surface area (TPSA) is 149 Å². The predicted octanol–water partition coefficient (Wildman–Crippen LogP) is 6.74. The number of nitrogens with one attached hydrogen (secondary N) is 2. The first kappa shape index (κ1) is 44.2. The number of phenols is 1. The highest BCUT2D eigenvalue weighted by Crippen LogP contribution is 2.28. The van der Waals surface area contributed by atoms with Crippen molar-refractivity contribution in [1.82, 2.24) is 9.88 Å². The van der Waals surface area contributed by atoms with E-state index in [0.29, 0.717) is 15.9 Å². The number of Topliss-reactive ketones (excluding diaryl/α,β-unsaturated/α-hetero) is 2. The van der Waals surface area contributed by atoms with Gasteiger partial charge in [0.25, 0.3) is 11.8 Å².